The average Bonchev–Trinajstić information content (AvgIpc) is 3.34. The number of hydrogen-bond acceptors (Lipinski definition) is 6. The van der Waals surface area contributed by atoms with E-state index in [-0.39, 0.29) is 11.7 Å². The molecule has 28 heavy (non-hydrogen) atoms. The third-order valence-corrected chi connectivity index (χ3v) is 5.73. The number of nitriles is 1. The Balaban J connectivity index is 1.71. The summed E-state index contributed by atoms with van der Waals surface area (Å²) in [5.74, 6) is 1.49. The minimum Gasteiger partial charge on any atom is -0.497 e. The smallest absolute Gasteiger partial charge is 0.231 e. The van der Waals surface area contributed by atoms with Crippen molar-refractivity contribution >= 4 is 17.7 Å². The van der Waals surface area contributed by atoms with E-state index in [9.17, 15) is 10.1 Å². The maximum atomic E-state index is 12.4. The maximum absolute atomic E-state index is 12.4. The van der Waals surface area contributed by atoms with Crippen molar-refractivity contribution in [3.05, 3.63) is 36.9 Å². The zero-order valence-electron chi connectivity index (χ0n) is 15.9. The molecule has 1 aliphatic rings. The van der Waals surface area contributed by atoms with Crippen LogP contribution in [0.4, 0.5) is 0 Å². The number of aromatic nitrogens is 3. The first-order chi connectivity index (χ1) is 13.6. The van der Waals surface area contributed by atoms with Crippen LogP contribution in [-0.4, -0.2) is 39.1 Å². The van der Waals surface area contributed by atoms with E-state index in [2.05, 4.69) is 28.2 Å². The summed E-state index contributed by atoms with van der Waals surface area (Å²) in [7, 11) is 1.62. The van der Waals surface area contributed by atoms with Gasteiger partial charge in [-0.25, -0.2) is 0 Å². The van der Waals surface area contributed by atoms with Crippen LogP contribution in [0.25, 0.3) is 11.4 Å². The molecule has 1 aromatic carbocycles. The molecule has 1 N–H and O–H groups in total. The van der Waals surface area contributed by atoms with Crippen LogP contribution in [0.1, 0.15) is 25.7 Å². The second-order valence-corrected chi connectivity index (χ2v) is 7.61. The Bertz CT molecular complexity index is 879. The van der Waals surface area contributed by atoms with Crippen molar-refractivity contribution in [3.63, 3.8) is 0 Å². The van der Waals surface area contributed by atoms with Crippen LogP contribution in [0.15, 0.2) is 42.1 Å². The Morgan fingerprint density at radius 2 is 2.11 bits per heavy atom. The van der Waals surface area contributed by atoms with Crippen molar-refractivity contribution in [1.29, 1.82) is 5.26 Å². The van der Waals surface area contributed by atoms with Gasteiger partial charge < -0.3 is 10.1 Å². The van der Waals surface area contributed by atoms with Crippen molar-refractivity contribution in [3.8, 4) is 23.2 Å². The van der Waals surface area contributed by atoms with Crippen molar-refractivity contribution < 1.29 is 9.53 Å². The van der Waals surface area contributed by atoms with Gasteiger partial charge in [0.15, 0.2) is 11.0 Å². The molecular weight excluding hydrogens is 374 g/mol. The van der Waals surface area contributed by atoms with Crippen LogP contribution in [0.3, 0.4) is 0 Å². The van der Waals surface area contributed by atoms with E-state index < -0.39 is 5.54 Å². The van der Waals surface area contributed by atoms with E-state index in [0.717, 1.165) is 24.2 Å². The third-order valence-electron chi connectivity index (χ3n) is 4.76. The first kappa shape index (κ1) is 20.0. The highest BCUT2D eigenvalue weighted by Crippen LogP contribution is 2.29. The molecule has 1 aromatic heterocycles. The molecule has 0 atom stereocenters. The van der Waals surface area contributed by atoms with Gasteiger partial charge in [0.2, 0.25) is 5.91 Å². The number of nitrogens with one attached hydrogen (secondary N) is 1. The Hall–Kier alpha value is -2.79. The van der Waals surface area contributed by atoms with Gasteiger partial charge in [0.1, 0.15) is 11.3 Å². The number of carbonyl (C=O) groups is 1. The normalized spacial score (nSPS) is 15.0. The van der Waals surface area contributed by atoms with E-state index >= 15 is 0 Å². The molecule has 1 fully saturated rings. The summed E-state index contributed by atoms with van der Waals surface area (Å²) < 4.78 is 7.11. The number of thioether (sulfide) groups is 1. The maximum Gasteiger partial charge on any atom is 0.231 e. The predicted molar refractivity (Wildman–Crippen MR) is 108 cm³/mol. The summed E-state index contributed by atoms with van der Waals surface area (Å²) in [6.45, 7) is 4.33. The number of allylic oxidation sites excluding steroid dienone is 1. The molecule has 8 heteroatoms. The molecule has 0 aliphatic heterocycles. The number of amides is 1. The first-order valence-corrected chi connectivity index (χ1v) is 10.1. The van der Waals surface area contributed by atoms with Gasteiger partial charge >= 0.3 is 0 Å². The SMILES string of the molecule is C=CCn1c(SCC(=O)NC2(C#N)CCCC2)nnc1-c1ccc(OC)cc1. The number of nitrogens with zero attached hydrogens (tertiary/aromatic N) is 4. The standard InChI is InChI=1S/C20H23N5O2S/c1-3-12-25-18(15-6-8-16(27-2)9-7-15)23-24-19(25)28-13-17(26)22-20(14-21)10-4-5-11-20/h3,6-9H,1,4-5,10-13H2,2H3,(H,22,26). The highest BCUT2D eigenvalue weighted by Gasteiger charge is 2.35. The summed E-state index contributed by atoms with van der Waals surface area (Å²) in [5.41, 5.74) is 0.196. The minimum absolute atomic E-state index is 0.160. The summed E-state index contributed by atoms with van der Waals surface area (Å²) in [5, 5.41) is 21.5. The van der Waals surface area contributed by atoms with Gasteiger partial charge in [0, 0.05) is 12.1 Å². The summed E-state index contributed by atoms with van der Waals surface area (Å²) in [6.07, 6.45) is 5.14. The Kier molecular flexibility index (Phi) is 6.37. The van der Waals surface area contributed by atoms with E-state index in [4.69, 9.17) is 4.74 Å². The number of ether oxygens (including phenoxy) is 1. The van der Waals surface area contributed by atoms with Gasteiger partial charge in [-0.15, -0.1) is 16.8 Å². The molecule has 0 unspecified atom stereocenters. The Labute approximate surface area is 168 Å². The minimum atomic E-state index is -0.708. The number of benzene rings is 1. The molecule has 3 rings (SSSR count). The molecule has 1 amide bonds. The third kappa shape index (κ3) is 4.37. The van der Waals surface area contributed by atoms with Gasteiger partial charge in [-0.1, -0.05) is 17.8 Å². The zero-order valence-corrected chi connectivity index (χ0v) is 16.7. The highest BCUT2D eigenvalue weighted by molar-refractivity contribution is 7.99. The Morgan fingerprint density at radius 1 is 1.39 bits per heavy atom. The molecule has 1 heterocycles. The quantitative estimate of drug-likeness (QED) is 0.543. The van der Waals surface area contributed by atoms with Crippen molar-refractivity contribution in [2.24, 2.45) is 0 Å². The number of methoxy groups -OCH3 is 1. The molecular formula is C20H23N5O2S. The molecule has 1 saturated carbocycles. The molecule has 2 aromatic rings. The van der Waals surface area contributed by atoms with E-state index in [0.29, 0.717) is 30.4 Å². The topological polar surface area (TPSA) is 92.8 Å². The summed E-state index contributed by atoms with van der Waals surface area (Å²) in [4.78, 5) is 12.4. The van der Waals surface area contributed by atoms with Crippen molar-refractivity contribution in [2.75, 3.05) is 12.9 Å². The molecule has 7 nitrogen and oxygen atoms in total. The molecule has 146 valence electrons. The second-order valence-electron chi connectivity index (χ2n) is 6.67. The van der Waals surface area contributed by atoms with Crippen LogP contribution in [0, 0.1) is 11.3 Å². The Morgan fingerprint density at radius 3 is 2.71 bits per heavy atom. The van der Waals surface area contributed by atoms with Crippen LogP contribution in [-0.2, 0) is 11.3 Å². The fourth-order valence-electron chi connectivity index (χ4n) is 3.32. The number of hydrogen-bond donors (Lipinski definition) is 1. The van der Waals surface area contributed by atoms with E-state index in [1.54, 1.807) is 13.2 Å². The van der Waals surface area contributed by atoms with Gasteiger partial charge in [-0.05, 0) is 49.9 Å². The van der Waals surface area contributed by atoms with Crippen LogP contribution >= 0.6 is 11.8 Å². The lowest BCUT2D eigenvalue weighted by molar-refractivity contribution is -0.119. The van der Waals surface area contributed by atoms with Crippen molar-refractivity contribution in [2.45, 2.75) is 42.9 Å². The number of carbonyl (C=O) groups excluding carboxylic acids is 1. The van der Waals surface area contributed by atoms with Gasteiger partial charge in [-0.2, -0.15) is 5.26 Å². The molecule has 0 saturated heterocycles. The van der Waals surface area contributed by atoms with Crippen molar-refractivity contribution in [1.82, 2.24) is 20.1 Å². The lowest BCUT2D eigenvalue weighted by Crippen LogP contribution is -2.45. The van der Waals surface area contributed by atoms with Gasteiger partial charge in [-0.3, -0.25) is 9.36 Å². The molecule has 0 bridgehead atoms. The second kappa shape index (κ2) is 8.93. The summed E-state index contributed by atoms with van der Waals surface area (Å²) in [6, 6.07) is 9.84. The fraction of sp³-hybridized carbons (Fsp3) is 0.400. The van der Waals surface area contributed by atoms with Crippen LogP contribution in [0.2, 0.25) is 0 Å². The van der Waals surface area contributed by atoms with Gasteiger partial charge in [0.25, 0.3) is 0 Å². The molecule has 1 aliphatic carbocycles. The molecule has 0 spiro atoms. The first-order valence-electron chi connectivity index (χ1n) is 9.14. The number of rotatable bonds is 8. The summed E-state index contributed by atoms with van der Waals surface area (Å²) >= 11 is 1.31. The van der Waals surface area contributed by atoms with E-state index in [1.165, 1.54) is 11.8 Å². The predicted octanol–water partition coefficient (Wildman–Crippen LogP) is 3.18. The lowest BCUT2D eigenvalue weighted by atomic mass is 10.0. The van der Waals surface area contributed by atoms with Crippen LogP contribution in [0.5, 0.6) is 5.75 Å². The molecule has 0 radical (unpaired) electrons. The fourth-order valence-corrected chi connectivity index (χ4v) is 4.07. The largest absolute Gasteiger partial charge is 0.497 e. The monoisotopic (exact) mass is 397 g/mol. The zero-order chi connectivity index (χ0) is 20.0. The van der Waals surface area contributed by atoms with Crippen LogP contribution < -0.4 is 10.1 Å². The highest BCUT2D eigenvalue weighted by atomic mass is 32.2. The van der Waals surface area contributed by atoms with E-state index in [1.807, 2.05) is 28.8 Å². The van der Waals surface area contributed by atoms with Gasteiger partial charge in [0.05, 0.1) is 18.9 Å². The lowest BCUT2D eigenvalue weighted by Gasteiger charge is -2.21. The average molecular weight is 398 g/mol.